The summed E-state index contributed by atoms with van der Waals surface area (Å²) in [6, 6.07) is 0.842. The van der Waals surface area contributed by atoms with Gasteiger partial charge in [0.2, 0.25) is 0 Å². The zero-order chi connectivity index (χ0) is 11.1. The van der Waals surface area contributed by atoms with Crippen molar-refractivity contribution in [3.8, 4) is 0 Å². The summed E-state index contributed by atoms with van der Waals surface area (Å²) in [5.41, 5.74) is 0. The molecule has 0 heterocycles. The molecule has 2 unspecified atom stereocenters. The standard InChI is InChI=1S/C14H29N/c1-4-11-15-14(13-9-10-13)8-6-7-12(3)5-2/h12-15H,4-11H2,1-3H3. The smallest absolute Gasteiger partial charge is 0.00953 e. The van der Waals surface area contributed by atoms with Crippen molar-refractivity contribution in [1.82, 2.24) is 5.32 Å². The normalized spacial score (nSPS) is 20.2. The molecular weight excluding hydrogens is 182 g/mol. The van der Waals surface area contributed by atoms with Crippen LogP contribution < -0.4 is 5.32 Å². The van der Waals surface area contributed by atoms with Gasteiger partial charge in [-0.1, -0.05) is 40.0 Å². The first-order valence-corrected chi connectivity index (χ1v) is 7.01. The van der Waals surface area contributed by atoms with Crippen LogP contribution in [0.25, 0.3) is 0 Å². The second-order valence-corrected chi connectivity index (χ2v) is 5.34. The Balaban J connectivity index is 2.08. The molecule has 15 heavy (non-hydrogen) atoms. The van der Waals surface area contributed by atoms with Crippen LogP contribution in [0.15, 0.2) is 0 Å². The predicted octanol–water partition coefficient (Wildman–Crippen LogP) is 3.98. The summed E-state index contributed by atoms with van der Waals surface area (Å²) in [5, 5.41) is 3.72. The van der Waals surface area contributed by atoms with Gasteiger partial charge in [-0.3, -0.25) is 0 Å². The zero-order valence-corrected chi connectivity index (χ0v) is 10.9. The van der Waals surface area contributed by atoms with Crippen LogP contribution in [0.1, 0.15) is 65.7 Å². The first kappa shape index (κ1) is 13.0. The molecule has 1 N–H and O–H groups in total. The Hall–Kier alpha value is -0.0400. The van der Waals surface area contributed by atoms with E-state index in [-0.39, 0.29) is 0 Å². The second kappa shape index (κ2) is 7.27. The molecular formula is C14H29N. The van der Waals surface area contributed by atoms with Crippen LogP contribution in [0.3, 0.4) is 0 Å². The Bertz CT molecular complexity index is 151. The van der Waals surface area contributed by atoms with Gasteiger partial charge < -0.3 is 5.32 Å². The molecule has 2 atom stereocenters. The first-order valence-electron chi connectivity index (χ1n) is 7.01. The van der Waals surface area contributed by atoms with Gasteiger partial charge in [0.1, 0.15) is 0 Å². The summed E-state index contributed by atoms with van der Waals surface area (Å²) in [7, 11) is 0. The molecule has 0 aromatic heterocycles. The van der Waals surface area contributed by atoms with Crippen LogP contribution >= 0.6 is 0 Å². The SMILES string of the molecule is CCCNC(CCCC(C)CC)C1CC1. The topological polar surface area (TPSA) is 12.0 Å². The third-order valence-electron chi connectivity index (χ3n) is 3.76. The molecule has 1 rings (SSSR count). The predicted molar refractivity (Wildman–Crippen MR) is 68.1 cm³/mol. The molecule has 0 amide bonds. The minimum absolute atomic E-state index is 0.842. The highest BCUT2D eigenvalue weighted by Gasteiger charge is 2.29. The fourth-order valence-corrected chi connectivity index (χ4v) is 2.22. The lowest BCUT2D eigenvalue weighted by atomic mass is 9.98. The summed E-state index contributed by atoms with van der Waals surface area (Å²) in [6.07, 6.45) is 9.83. The minimum atomic E-state index is 0.842. The molecule has 0 bridgehead atoms. The molecule has 0 aromatic carbocycles. The van der Waals surface area contributed by atoms with Crippen LogP contribution in [0.2, 0.25) is 0 Å². The fraction of sp³-hybridized carbons (Fsp3) is 1.00. The third-order valence-corrected chi connectivity index (χ3v) is 3.76. The number of hydrogen-bond acceptors (Lipinski definition) is 1. The van der Waals surface area contributed by atoms with Crippen LogP contribution in [-0.2, 0) is 0 Å². The number of rotatable bonds is 9. The quantitative estimate of drug-likeness (QED) is 0.608. The third kappa shape index (κ3) is 5.55. The van der Waals surface area contributed by atoms with Crippen molar-refractivity contribution in [3.63, 3.8) is 0 Å². The minimum Gasteiger partial charge on any atom is -0.314 e. The molecule has 0 aromatic rings. The molecule has 1 saturated carbocycles. The molecule has 0 radical (unpaired) electrons. The molecule has 0 saturated heterocycles. The average Bonchev–Trinajstić information content (AvgIpc) is 3.06. The molecule has 0 aliphatic heterocycles. The van der Waals surface area contributed by atoms with Crippen LogP contribution in [0.5, 0.6) is 0 Å². The van der Waals surface area contributed by atoms with E-state index in [0.717, 1.165) is 17.9 Å². The first-order chi connectivity index (χ1) is 7.27. The van der Waals surface area contributed by atoms with Gasteiger partial charge in [-0.05, 0) is 44.1 Å². The summed E-state index contributed by atoms with van der Waals surface area (Å²) >= 11 is 0. The average molecular weight is 211 g/mol. The lowest BCUT2D eigenvalue weighted by Gasteiger charge is -2.18. The van der Waals surface area contributed by atoms with Crippen molar-refractivity contribution < 1.29 is 0 Å². The summed E-state index contributed by atoms with van der Waals surface area (Å²) in [6.45, 7) is 8.16. The van der Waals surface area contributed by atoms with Crippen molar-refractivity contribution >= 4 is 0 Å². The summed E-state index contributed by atoms with van der Waals surface area (Å²) in [4.78, 5) is 0. The Morgan fingerprint density at radius 2 is 1.93 bits per heavy atom. The lowest BCUT2D eigenvalue weighted by molar-refractivity contribution is 0.394. The van der Waals surface area contributed by atoms with Crippen molar-refractivity contribution in [2.45, 2.75) is 71.8 Å². The summed E-state index contributed by atoms with van der Waals surface area (Å²) in [5.74, 6) is 1.95. The van der Waals surface area contributed by atoms with Crippen molar-refractivity contribution in [1.29, 1.82) is 0 Å². The molecule has 90 valence electrons. The Morgan fingerprint density at radius 3 is 2.47 bits per heavy atom. The van der Waals surface area contributed by atoms with E-state index in [0.29, 0.717) is 0 Å². The van der Waals surface area contributed by atoms with E-state index in [2.05, 4.69) is 26.1 Å². The van der Waals surface area contributed by atoms with Gasteiger partial charge in [0, 0.05) is 6.04 Å². The van der Waals surface area contributed by atoms with Gasteiger partial charge in [0.15, 0.2) is 0 Å². The van der Waals surface area contributed by atoms with E-state index < -0.39 is 0 Å². The Morgan fingerprint density at radius 1 is 1.20 bits per heavy atom. The van der Waals surface area contributed by atoms with E-state index in [9.17, 15) is 0 Å². The van der Waals surface area contributed by atoms with Crippen molar-refractivity contribution in [2.24, 2.45) is 11.8 Å². The van der Waals surface area contributed by atoms with Crippen LogP contribution in [-0.4, -0.2) is 12.6 Å². The molecule has 1 aliphatic rings. The van der Waals surface area contributed by atoms with Crippen molar-refractivity contribution in [2.75, 3.05) is 6.54 Å². The van der Waals surface area contributed by atoms with Gasteiger partial charge in [-0.15, -0.1) is 0 Å². The molecule has 0 spiro atoms. The Labute approximate surface area is 96.0 Å². The maximum atomic E-state index is 3.72. The number of nitrogens with one attached hydrogen (secondary N) is 1. The van der Waals surface area contributed by atoms with E-state index in [4.69, 9.17) is 0 Å². The molecule has 1 fully saturated rings. The van der Waals surface area contributed by atoms with E-state index >= 15 is 0 Å². The summed E-state index contributed by atoms with van der Waals surface area (Å²) < 4.78 is 0. The molecule has 1 nitrogen and oxygen atoms in total. The highest BCUT2D eigenvalue weighted by atomic mass is 14.9. The van der Waals surface area contributed by atoms with E-state index in [1.54, 1.807) is 0 Å². The second-order valence-electron chi connectivity index (χ2n) is 5.34. The van der Waals surface area contributed by atoms with E-state index in [1.165, 1.54) is 51.5 Å². The fourth-order valence-electron chi connectivity index (χ4n) is 2.22. The van der Waals surface area contributed by atoms with Crippen LogP contribution in [0.4, 0.5) is 0 Å². The van der Waals surface area contributed by atoms with Crippen LogP contribution in [0, 0.1) is 11.8 Å². The van der Waals surface area contributed by atoms with E-state index in [1.807, 2.05) is 0 Å². The van der Waals surface area contributed by atoms with Crippen molar-refractivity contribution in [3.05, 3.63) is 0 Å². The molecule has 1 aliphatic carbocycles. The maximum Gasteiger partial charge on any atom is 0.00953 e. The zero-order valence-electron chi connectivity index (χ0n) is 10.9. The van der Waals surface area contributed by atoms with Gasteiger partial charge in [-0.25, -0.2) is 0 Å². The highest BCUT2D eigenvalue weighted by molar-refractivity contribution is 4.86. The maximum absolute atomic E-state index is 3.72. The highest BCUT2D eigenvalue weighted by Crippen LogP contribution is 2.34. The Kier molecular flexibility index (Phi) is 6.31. The lowest BCUT2D eigenvalue weighted by Crippen LogP contribution is -2.31. The van der Waals surface area contributed by atoms with Gasteiger partial charge in [0.05, 0.1) is 0 Å². The van der Waals surface area contributed by atoms with Gasteiger partial charge in [-0.2, -0.15) is 0 Å². The monoisotopic (exact) mass is 211 g/mol. The molecule has 1 heteroatoms. The van der Waals surface area contributed by atoms with Gasteiger partial charge >= 0.3 is 0 Å². The number of hydrogen-bond donors (Lipinski definition) is 1. The van der Waals surface area contributed by atoms with Gasteiger partial charge in [0.25, 0.3) is 0 Å². The largest absolute Gasteiger partial charge is 0.314 e.